The second-order valence-electron chi connectivity index (χ2n) is 12.3. The zero-order chi connectivity index (χ0) is 35.5. The SMILES string of the molecule is CC(C)CNc1ccc(C(=O)N(Cc2ccccc2)c2ccc(C(=O)N(Cc3ccccc3)c3ccc(C(=O)NCC(=O)O)cc3)cc2)cc1. The van der Waals surface area contributed by atoms with Crippen LogP contribution in [0.1, 0.15) is 56.0 Å². The number of carbonyl (C=O) groups is 4. The predicted octanol–water partition coefficient (Wildman–Crippen LogP) is 7.26. The van der Waals surface area contributed by atoms with Crippen LogP contribution in [0.5, 0.6) is 0 Å². The number of carboxylic acids is 1. The summed E-state index contributed by atoms with van der Waals surface area (Å²) in [6.45, 7) is 5.22. The molecule has 0 aliphatic rings. The van der Waals surface area contributed by atoms with Crippen LogP contribution in [0.2, 0.25) is 0 Å². The van der Waals surface area contributed by atoms with Gasteiger partial charge in [0.25, 0.3) is 17.7 Å². The van der Waals surface area contributed by atoms with Crippen molar-refractivity contribution in [2.24, 2.45) is 5.92 Å². The number of amides is 3. The van der Waals surface area contributed by atoms with Crippen LogP contribution in [0.25, 0.3) is 0 Å². The Bertz CT molecular complexity index is 1890. The molecule has 254 valence electrons. The number of nitrogens with zero attached hydrogens (tertiary/aromatic N) is 2. The van der Waals surface area contributed by atoms with Crippen LogP contribution >= 0.6 is 0 Å². The van der Waals surface area contributed by atoms with E-state index in [0.29, 0.717) is 35.0 Å². The first kappa shape index (κ1) is 35.1. The summed E-state index contributed by atoms with van der Waals surface area (Å²) in [5.74, 6) is -1.61. The molecule has 0 aliphatic heterocycles. The molecule has 0 saturated carbocycles. The Morgan fingerprint density at radius 2 is 1.00 bits per heavy atom. The predicted molar refractivity (Wildman–Crippen MR) is 197 cm³/mol. The molecule has 5 aromatic carbocycles. The standard InChI is InChI=1S/C41H40N4O5/c1-29(2)25-42-35-19-13-33(14-20-35)40(49)45(28-31-11-7-4-8-12-31)37-23-17-34(18-24-37)41(50)44(27-30-9-5-3-6-10-30)36-21-15-32(16-22-36)39(48)43-26-38(46)47/h3-24,29,42H,25-28H2,1-2H3,(H,43,48)(H,46,47). The maximum atomic E-state index is 14.1. The van der Waals surface area contributed by atoms with Gasteiger partial charge in [-0.2, -0.15) is 0 Å². The van der Waals surface area contributed by atoms with Crippen molar-refractivity contribution in [3.63, 3.8) is 0 Å². The molecular weight excluding hydrogens is 628 g/mol. The summed E-state index contributed by atoms with van der Waals surface area (Å²) >= 11 is 0. The van der Waals surface area contributed by atoms with Crippen molar-refractivity contribution in [2.45, 2.75) is 26.9 Å². The Morgan fingerprint density at radius 1 is 0.580 bits per heavy atom. The highest BCUT2D eigenvalue weighted by Gasteiger charge is 2.22. The Labute approximate surface area is 292 Å². The molecule has 9 heteroatoms. The molecule has 0 saturated heterocycles. The van der Waals surface area contributed by atoms with Gasteiger partial charge in [0.2, 0.25) is 0 Å². The molecule has 5 aromatic rings. The van der Waals surface area contributed by atoms with Gasteiger partial charge in [-0.05, 0) is 89.8 Å². The van der Waals surface area contributed by atoms with E-state index >= 15 is 0 Å². The van der Waals surface area contributed by atoms with Crippen molar-refractivity contribution < 1.29 is 24.3 Å². The van der Waals surface area contributed by atoms with Crippen LogP contribution in [-0.4, -0.2) is 41.9 Å². The van der Waals surface area contributed by atoms with E-state index in [1.54, 1.807) is 58.3 Å². The number of hydrogen-bond acceptors (Lipinski definition) is 5. The molecule has 0 aromatic heterocycles. The minimum atomic E-state index is -1.14. The van der Waals surface area contributed by atoms with Crippen molar-refractivity contribution in [2.75, 3.05) is 28.2 Å². The van der Waals surface area contributed by atoms with Crippen molar-refractivity contribution in [1.29, 1.82) is 0 Å². The van der Waals surface area contributed by atoms with Crippen LogP contribution in [-0.2, 0) is 17.9 Å². The quantitative estimate of drug-likeness (QED) is 0.115. The summed E-state index contributed by atoms with van der Waals surface area (Å²) in [5.41, 5.74) is 5.26. The van der Waals surface area contributed by atoms with E-state index in [9.17, 15) is 19.2 Å². The largest absolute Gasteiger partial charge is 0.480 e. The lowest BCUT2D eigenvalue weighted by Gasteiger charge is -2.25. The lowest BCUT2D eigenvalue weighted by atomic mass is 10.1. The van der Waals surface area contributed by atoms with Crippen molar-refractivity contribution in [1.82, 2.24) is 5.32 Å². The van der Waals surface area contributed by atoms with E-state index < -0.39 is 18.4 Å². The molecule has 0 atom stereocenters. The van der Waals surface area contributed by atoms with Crippen molar-refractivity contribution in [3.8, 4) is 0 Å². The summed E-state index contributed by atoms with van der Waals surface area (Å²) in [6.07, 6.45) is 0. The minimum absolute atomic E-state index is 0.165. The number of carboxylic acid groups (broad SMARTS) is 1. The number of benzene rings is 5. The van der Waals surface area contributed by atoms with E-state index in [1.807, 2.05) is 84.9 Å². The lowest BCUT2D eigenvalue weighted by Crippen LogP contribution is -2.32. The Hall–Kier alpha value is -6.22. The van der Waals surface area contributed by atoms with Gasteiger partial charge in [-0.15, -0.1) is 0 Å². The highest BCUT2D eigenvalue weighted by molar-refractivity contribution is 6.08. The highest BCUT2D eigenvalue weighted by Crippen LogP contribution is 2.25. The second-order valence-corrected chi connectivity index (χ2v) is 12.3. The van der Waals surface area contributed by atoms with Crippen molar-refractivity contribution in [3.05, 3.63) is 161 Å². The van der Waals surface area contributed by atoms with Gasteiger partial charge in [-0.25, -0.2) is 0 Å². The van der Waals surface area contributed by atoms with Crippen molar-refractivity contribution >= 4 is 40.8 Å². The molecule has 0 heterocycles. The first-order valence-corrected chi connectivity index (χ1v) is 16.4. The second kappa shape index (κ2) is 16.7. The summed E-state index contributed by atoms with van der Waals surface area (Å²) < 4.78 is 0. The fraction of sp³-hybridized carbons (Fsp3) is 0.171. The molecule has 0 spiro atoms. The van der Waals surface area contributed by atoms with Crippen LogP contribution < -0.4 is 20.4 Å². The molecular formula is C41H40N4O5. The molecule has 0 radical (unpaired) electrons. The molecule has 5 rings (SSSR count). The molecule has 50 heavy (non-hydrogen) atoms. The van der Waals surface area contributed by atoms with Gasteiger partial charge in [0.1, 0.15) is 6.54 Å². The summed E-state index contributed by atoms with van der Waals surface area (Å²) in [4.78, 5) is 54.6. The molecule has 0 unspecified atom stereocenters. The number of carbonyl (C=O) groups excluding carboxylic acids is 3. The molecule has 3 amide bonds. The molecule has 0 bridgehead atoms. The topological polar surface area (TPSA) is 119 Å². The molecule has 9 nitrogen and oxygen atoms in total. The van der Waals surface area contributed by atoms with Gasteiger partial charge in [0.05, 0.1) is 13.1 Å². The first-order valence-electron chi connectivity index (χ1n) is 16.4. The van der Waals surface area contributed by atoms with E-state index in [0.717, 1.165) is 23.4 Å². The summed E-state index contributed by atoms with van der Waals surface area (Å²) in [6, 6.07) is 40.2. The zero-order valence-electron chi connectivity index (χ0n) is 28.1. The maximum absolute atomic E-state index is 14.1. The van der Waals surface area contributed by atoms with Gasteiger partial charge in [0.15, 0.2) is 0 Å². The van der Waals surface area contributed by atoms with Gasteiger partial charge < -0.3 is 25.5 Å². The van der Waals surface area contributed by atoms with E-state index in [-0.39, 0.29) is 23.9 Å². The van der Waals surface area contributed by atoms with Gasteiger partial charge in [-0.1, -0.05) is 74.5 Å². The molecule has 3 N–H and O–H groups in total. The molecule has 0 aliphatic carbocycles. The molecule has 0 fully saturated rings. The normalized spacial score (nSPS) is 10.7. The van der Waals surface area contributed by atoms with Gasteiger partial charge in [0, 0.05) is 40.3 Å². The average molecular weight is 669 g/mol. The maximum Gasteiger partial charge on any atom is 0.322 e. The van der Waals surface area contributed by atoms with E-state index in [1.165, 1.54) is 0 Å². The monoisotopic (exact) mass is 668 g/mol. The van der Waals surface area contributed by atoms with Gasteiger partial charge in [-0.3, -0.25) is 19.2 Å². The van der Waals surface area contributed by atoms with Crippen LogP contribution in [0.4, 0.5) is 17.1 Å². The Balaban J connectivity index is 1.41. The van der Waals surface area contributed by atoms with Crippen LogP contribution in [0.3, 0.4) is 0 Å². The van der Waals surface area contributed by atoms with Crippen LogP contribution in [0, 0.1) is 5.92 Å². The smallest absolute Gasteiger partial charge is 0.322 e. The van der Waals surface area contributed by atoms with E-state index in [2.05, 4.69) is 24.5 Å². The highest BCUT2D eigenvalue weighted by atomic mass is 16.4. The third-order valence-electron chi connectivity index (χ3n) is 7.97. The minimum Gasteiger partial charge on any atom is -0.480 e. The Kier molecular flexibility index (Phi) is 11.8. The third-order valence-corrected chi connectivity index (χ3v) is 7.97. The fourth-order valence-electron chi connectivity index (χ4n) is 5.29. The zero-order valence-corrected chi connectivity index (χ0v) is 28.1. The van der Waals surface area contributed by atoms with E-state index in [4.69, 9.17) is 5.11 Å². The van der Waals surface area contributed by atoms with Gasteiger partial charge >= 0.3 is 5.97 Å². The number of anilines is 3. The number of aliphatic carboxylic acids is 1. The van der Waals surface area contributed by atoms with Crippen LogP contribution in [0.15, 0.2) is 133 Å². The first-order chi connectivity index (χ1) is 24.2. The average Bonchev–Trinajstić information content (AvgIpc) is 3.15. The fourth-order valence-corrected chi connectivity index (χ4v) is 5.29. The number of rotatable bonds is 14. The number of nitrogens with one attached hydrogen (secondary N) is 2. The summed E-state index contributed by atoms with van der Waals surface area (Å²) in [5, 5.41) is 14.6. The summed E-state index contributed by atoms with van der Waals surface area (Å²) in [7, 11) is 0. The Morgan fingerprint density at radius 3 is 1.42 bits per heavy atom. The lowest BCUT2D eigenvalue weighted by molar-refractivity contribution is -0.135. The number of hydrogen-bond donors (Lipinski definition) is 3. The third kappa shape index (κ3) is 9.44.